The van der Waals surface area contributed by atoms with Crippen LogP contribution in [0.5, 0.6) is 5.75 Å². The number of carboxylic acids is 1. The second-order valence-electron chi connectivity index (χ2n) is 4.56. The van der Waals surface area contributed by atoms with Crippen LogP contribution >= 0.6 is 0 Å². The Morgan fingerprint density at radius 3 is 2.74 bits per heavy atom. The molecule has 7 heteroatoms. The van der Waals surface area contributed by atoms with Crippen LogP contribution in [0.15, 0.2) is 24.3 Å². The van der Waals surface area contributed by atoms with Gasteiger partial charge in [-0.15, -0.1) is 0 Å². The summed E-state index contributed by atoms with van der Waals surface area (Å²) < 4.78 is 30.5. The van der Waals surface area contributed by atoms with E-state index in [9.17, 15) is 13.2 Å². The lowest BCUT2D eigenvalue weighted by Crippen LogP contribution is -2.26. The third-order valence-electron chi connectivity index (χ3n) is 2.79. The van der Waals surface area contributed by atoms with E-state index in [2.05, 4.69) is 0 Å². The standard InChI is InChI=1S/C12H15NO5S/c1-9-6-13(19(16,17)8-9)10-4-2-3-5-11(10)18-7-12(14)15/h2-5,9H,6-8H2,1H3,(H,14,15). The summed E-state index contributed by atoms with van der Waals surface area (Å²) in [4.78, 5) is 10.5. The zero-order valence-electron chi connectivity index (χ0n) is 10.4. The van der Waals surface area contributed by atoms with Gasteiger partial charge < -0.3 is 9.84 Å². The number of hydrogen-bond donors (Lipinski definition) is 1. The second-order valence-corrected chi connectivity index (χ2v) is 6.50. The highest BCUT2D eigenvalue weighted by Gasteiger charge is 2.35. The first kappa shape index (κ1) is 13.7. The maximum Gasteiger partial charge on any atom is 0.341 e. The molecule has 0 aliphatic carbocycles. The second kappa shape index (κ2) is 5.08. The van der Waals surface area contributed by atoms with Crippen molar-refractivity contribution in [2.45, 2.75) is 6.92 Å². The van der Waals surface area contributed by atoms with E-state index in [-0.39, 0.29) is 17.4 Å². The molecule has 6 nitrogen and oxygen atoms in total. The van der Waals surface area contributed by atoms with Gasteiger partial charge in [0, 0.05) is 6.54 Å². The smallest absolute Gasteiger partial charge is 0.341 e. The van der Waals surface area contributed by atoms with Gasteiger partial charge >= 0.3 is 5.97 Å². The molecule has 0 spiro atoms. The minimum Gasteiger partial charge on any atom is -0.480 e. The van der Waals surface area contributed by atoms with Gasteiger partial charge in [0.05, 0.1) is 11.4 Å². The Morgan fingerprint density at radius 2 is 2.16 bits per heavy atom. The molecule has 0 radical (unpaired) electrons. The Morgan fingerprint density at radius 1 is 1.47 bits per heavy atom. The lowest BCUT2D eigenvalue weighted by molar-refractivity contribution is -0.139. The third kappa shape index (κ3) is 2.98. The third-order valence-corrected chi connectivity index (χ3v) is 4.80. The Bertz CT molecular complexity index is 584. The minimum absolute atomic E-state index is 0.0394. The van der Waals surface area contributed by atoms with Gasteiger partial charge in [0.15, 0.2) is 6.61 Å². The first-order valence-corrected chi connectivity index (χ1v) is 7.45. The number of para-hydroxylation sites is 2. The molecule has 19 heavy (non-hydrogen) atoms. The maximum absolute atomic E-state index is 12.0. The predicted molar refractivity (Wildman–Crippen MR) is 69.9 cm³/mol. The molecular formula is C12H15NO5S. The lowest BCUT2D eigenvalue weighted by atomic mass is 10.2. The summed E-state index contributed by atoms with van der Waals surface area (Å²) in [6, 6.07) is 6.55. The Hall–Kier alpha value is -1.76. The van der Waals surface area contributed by atoms with Gasteiger partial charge in [-0.1, -0.05) is 19.1 Å². The number of carbonyl (C=O) groups is 1. The summed E-state index contributed by atoms with van der Waals surface area (Å²) >= 11 is 0. The molecule has 0 aromatic heterocycles. The van der Waals surface area contributed by atoms with Crippen LogP contribution in [0.1, 0.15) is 6.92 Å². The summed E-state index contributed by atoms with van der Waals surface area (Å²) in [5, 5.41) is 8.62. The van der Waals surface area contributed by atoms with E-state index in [0.29, 0.717) is 12.2 Å². The van der Waals surface area contributed by atoms with Crippen LogP contribution < -0.4 is 9.04 Å². The summed E-state index contributed by atoms with van der Waals surface area (Å²) in [6.07, 6.45) is 0. The highest BCUT2D eigenvalue weighted by atomic mass is 32.2. The van der Waals surface area contributed by atoms with Crippen LogP contribution in [0.2, 0.25) is 0 Å². The van der Waals surface area contributed by atoms with Crippen molar-refractivity contribution < 1.29 is 23.1 Å². The predicted octanol–water partition coefficient (Wildman–Crippen LogP) is 0.936. The van der Waals surface area contributed by atoms with Crippen LogP contribution in [0.25, 0.3) is 0 Å². The Labute approximate surface area is 111 Å². The largest absolute Gasteiger partial charge is 0.480 e. The van der Waals surface area contributed by atoms with E-state index in [4.69, 9.17) is 9.84 Å². The number of benzene rings is 1. The van der Waals surface area contributed by atoms with E-state index < -0.39 is 22.6 Å². The molecule has 1 heterocycles. The highest BCUT2D eigenvalue weighted by molar-refractivity contribution is 7.93. The van der Waals surface area contributed by atoms with Crippen molar-refractivity contribution in [1.82, 2.24) is 0 Å². The SMILES string of the molecule is CC1CN(c2ccccc2OCC(=O)O)S(=O)(=O)C1. The summed E-state index contributed by atoms with van der Waals surface area (Å²) in [6.45, 7) is 1.74. The van der Waals surface area contributed by atoms with Crippen LogP contribution in [0.3, 0.4) is 0 Å². The van der Waals surface area contributed by atoms with E-state index in [1.165, 1.54) is 4.31 Å². The molecule has 1 N–H and O–H groups in total. The first-order chi connectivity index (χ1) is 8.90. The van der Waals surface area contributed by atoms with Gasteiger partial charge in [0.2, 0.25) is 10.0 Å². The van der Waals surface area contributed by atoms with E-state index in [0.717, 1.165) is 0 Å². The number of ether oxygens (including phenoxy) is 1. The van der Waals surface area contributed by atoms with Gasteiger partial charge in [-0.3, -0.25) is 4.31 Å². The van der Waals surface area contributed by atoms with Crippen LogP contribution in [-0.2, 0) is 14.8 Å². The molecule has 2 rings (SSSR count). The summed E-state index contributed by atoms with van der Waals surface area (Å²) in [5.74, 6) is -0.701. The van der Waals surface area contributed by atoms with Crippen molar-refractivity contribution in [2.75, 3.05) is 23.2 Å². The van der Waals surface area contributed by atoms with Crippen LogP contribution in [-0.4, -0.2) is 38.4 Å². The number of aliphatic carboxylic acids is 1. The van der Waals surface area contributed by atoms with Crippen LogP contribution in [0, 0.1) is 5.92 Å². The quantitative estimate of drug-likeness (QED) is 0.890. The number of rotatable bonds is 4. The summed E-state index contributed by atoms with van der Waals surface area (Å²) in [5.41, 5.74) is 0.396. The van der Waals surface area contributed by atoms with Gasteiger partial charge in [0.1, 0.15) is 5.75 Å². The first-order valence-electron chi connectivity index (χ1n) is 5.84. The molecule has 1 aliphatic rings. The van der Waals surface area contributed by atoms with Crippen molar-refractivity contribution in [3.63, 3.8) is 0 Å². The van der Waals surface area contributed by atoms with Gasteiger partial charge in [0.25, 0.3) is 0 Å². The Kier molecular flexibility index (Phi) is 3.66. The molecule has 1 aromatic carbocycles. The lowest BCUT2D eigenvalue weighted by Gasteiger charge is -2.20. The monoisotopic (exact) mass is 285 g/mol. The van der Waals surface area contributed by atoms with Crippen molar-refractivity contribution in [3.8, 4) is 5.75 Å². The topological polar surface area (TPSA) is 83.9 Å². The normalized spacial score (nSPS) is 21.3. The molecule has 1 aromatic rings. The average Bonchev–Trinajstić information content (AvgIpc) is 2.60. The molecule has 1 fully saturated rings. The number of sulfonamides is 1. The zero-order valence-corrected chi connectivity index (χ0v) is 11.3. The van der Waals surface area contributed by atoms with Crippen molar-refractivity contribution >= 4 is 21.7 Å². The molecule has 1 aliphatic heterocycles. The molecule has 1 atom stereocenters. The fourth-order valence-electron chi connectivity index (χ4n) is 2.07. The van der Waals surface area contributed by atoms with Gasteiger partial charge in [-0.05, 0) is 18.1 Å². The zero-order chi connectivity index (χ0) is 14.0. The molecule has 1 unspecified atom stereocenters. The molecule has 0 saturated carbocycles. The summed E-state index contributed by atoms with van der Waals surface area (Å²) in [7, 11) is -3.34. The number of hydrogen-bond acceptors (Lipinski definition) is 4. The molecule has 104 valence electrons. The average molecular weight is 285 g/mol. The fraction of sp³-hybridized carbons (Fsp3) is 0.417. The number of carboxylic acid groups (broad SMARTS) is 1. The van der Waals surface area contributed by atoms with E-state index in [1.807, 2.05) is 6.92 Å². The van der Waals surface area contributed by atoms with E-state index in [1.54, 1.807) is 24.3 Å². The Balaban J connectivity index is 2.32. The van der Waals surface area contributed by atoms with E-state index >= 15 is 0 Å². The maximum atomic E-state index is 12.0. The molecule has 0 amide bonds. The van der Waals surface area contributed by atoms with Crippen LogP contribution in [0.4, 0.5) is 5.69 Å². The molecular weight excluding hydrogens is 270 g/mol. The number of nitrogens with zero attached hydrogens (tertiary/aromatic N) is 1. The van der Waals surface area contributed by atoms with Gasteiger partial charge in [-0.25, -0.2) is 13.2 Å². The van der Waals surface area contributed by atoms with Crippen molar-refractivity contribution in [3.05, 3.63) is 24.3 Å². The molecule has 0 bridgehead atoms. The van der Waals surface area contributed by atoms with Crippen molar-refractivity contribution in [2.24, 2.45) is 5.92 Å². The fourth-order valence-corrected chi connectivity index (χ4v) is 4.01. The van der Waals surface area contributed by atoms with Gasteiger partial charge in [-0.2, -0.15) is 0 Å². The number of anilines is 1. The minimum atomic E-state index is -3.34. The highest BCUT2D eigenvalue weighted by Crippen LogP contribution is 2.34. The van der Waals surface area contributed by atoms with Crippen molar-refractivity contribution in [1.29, 1.82) is 0 Å². The molecule has 1 saturated heterocycles.